The maximum Gasteiger partial charge on any atom is 0.242 e. The topological polar surface area (TPSA) is 40.6 Å². The van der Waals surface area contributed by atoms with E-state index in [1.54, 1.807) is 48.2 Å². The highest BCUT2D eigenvalue weighted by molar-refractivity contribution is 7.99. The van der Waals surface area contributed by atoms with Crippen molar-refractivity contribution in [2.75, 3.05) is 39.0 Å². The Balaban J connectivity index is 1.22. The Morgan fingerprint density at radius 3 is 2.50 bits per heavy atom. The van der Waals surface area contributed by atoms with Gasteiger partial charge in [-0.3, -0.25) is 0 Å². The summed E-state index contributed by atoms with van der Waals surface area (Å²) in [6.45, 7) is 3.73. The summed E-state index contributed by atoms with van der Waals surface area (Å²) in [5, 5.41) is 4.26. The lowest BCUT2D eigenvalue weighted by molar-refractivity contribution is 0.166. The molecule has 1 saturated heterocycles. The lowest BCUT2D eigenvalue weighted by Crippen LogP contribution is -2.43. The average molecular weight is 513 g/mol. The van der Waals surface area contributed by atoms with Gasteiger partial charge in [0.05, 0.1) is 4.90 Å². The lowest BCUT2D eigenvalue weighted by Gasteiger charge is -2.40. The summed E-state index contributed by atoms with van der Waals surface area (Å²) in [6, 6.07) is 19.8. The molecule has 1 unspecified atom stereocenters. The van der Waals surface area contributed by atoms with E-state index in [0.717, 1.165) is 26.1 Å². The number of rotatable bonds is 8. The minimum absolute atomic E-state index is 0.188. The Morgan fingerprint density at radius 1 is 1.03 bits per heavy atom. The van der Waals surface area contributed by atoms with Gasteiger partial charge in [0.25, 0.3) is 0 Å². The Labute approximate surface area is 212 Å². The molecule has 7 heteroatoms. The molecule has 2 aliphatic rings. The molecule has 2 aliphatic heterocycles. The van der Waals surface area contributed by atoms with Gasteiger partial charge in [-0.2, -0.15) is 11.3 Å². The molecule has 4 nitrogen and oxygen atoms in total. The third kappa shape index (κ3) is 4.86. The Hall–Kier alpha value is -1.64. The van der Waals surface area contributed by atoms with Crippen molar-refractivity contribution in [3.05, 3.63) is 82.6 Å². The summed E-state index contributed by atoms with van der Waals surface area (Å²) < 4.78 is 27.7. The molecule has 0 aliphatic carbocycles. The Morgan fingerprint density at radius 2 is 1.76 bits per heavy atom. The van der Waals surface area contributed by atoms with E-state index in [1.807, 2.05) is 17.8 Å². The predicted molar refractivity (Wildman–Crippen MR) is 142 cm³/mol. The van der Waals surface area contributed by atoms with E-state index in [0.29, 0.717) is 16.9 Å². The van der Waals surface area contributed by atoms with Gasteiger partial charge in [0.15, 0.2) is 0 Å². The number of thioether (sulfide) groups is 1. The number of fused-ring (bicyclic) bond motifs is 2. The van der Waals surface area contributed by atoms with E-state index < -0.39 is 10.0 Å². The van der Waals surface area contributed by atoms with Gasteiger partial charge >= 0.3 is 0 Å². The van der Waals surface area contributed by atoms with Gasteiger partial charge in [0.2, 0.25) is 10.0 Å². The standard InChI is InChI=1S/C27H32N2O2S3/c1-28(34(30,31)24-7-3-2-4-8-24)19-22(23-12-18-32-20-23)11-15-29-16-13-27(14-17-29)21-33-26-10-6-5-9-25(26)27/h2-10,12,18,20,22H,11,13-17,19,21H2,1H3. The zero-order valence-corrected chi connectivity index (χ0v) is 22.0. The summed E-state index contributed by atoms with van der Waals surface area (Å²) >= 11 is 3.70. The van der Waals surface area contributed by atoms with E-state index in [-0.39, 0.29) is 5.92 Å². The molecule has 34 heavy (non-hydrogen) atoms. The molecule has 1 aromatic heterocycles. The average Bonchev–Trinajstić information content (AvgIpc) is 3.53. The number of likely N-dealkylation sites (tertiary alicyclic amines) is 1. The highest BCUT2D eigenvalue weighted by Gasteiger charge is 2.41. The van der Waals surface area contributed by atoms with E-state index in [1.165, 1.54) is 33.4 Å². The van der Waals surface area contributed by atoms with Crippen LogP contribution in [0.25, 0.3) is 0 Å². The Kier molecular flexibility index (Phi) is 7.19. The summed E-state index contributed by atoms with van der Waals surface area (Å²) in [7, 11) is -1.78. The van der Waals surface area contributed by atoms with Crippen LogP contribution in [-0.2, 0) is 15.4 Å². The van der Waals surface area contributed by atoms with Crippen LogP contribution in [0.2, 0.25) is 0 Å². The summed E-state index contributed by atoms with van der Waals surface area (Å²) in [6.07, 6.45) is 3.38. The van der Waals surface area contributed by atoms with Gasteiger partial charge in [0.1, 0.15) is 0 Å². The van der Waals surface area contributed by atoms with Crippen LogP contribution >= 0.6 is 23.1 Å². The second-order valence-electron chi connectivity index (χ2n) is 9.55. The first-order chi connectivity index (χ1) is 16.5. The molecule has 0 saturated carbocycles. The van der Waals surface area contributed by atoms with Crippen molar-refractivity contribution < 1.29 is 8.42 Å². The van der Waals surface area contributed by atoms with Crippen LogP contribution < -0.4 is 0 Å². The van der Waals surface area contributed by atoms with Crippen LogP contribution in [0.3, 0.4) is 0 Å². The summed E-state index contributed by atoms with van der Waals surface area (Å²) in [5.74, 6) is 1.40. The van der Waals surface area contributed by atoms with E-state index in [4.69, 9.17) is 0 Å². The second kappa shape index (κ2) is 10.2. The molecule has 3 heterocycles. The SMILES string of the molecule is CN(CC(CCN1CCC2(CC1)CSc1ccccc12)c1ccsc1)S(=O)(=O)c1ccccc1. The predicted octanol–water partition coefficient (Wildman–Crippen LogP) is 5.68. The lowest BCUT2D eigenvalue weighted by atomic mass is 9.74. The summed E-state index contributed by atoms with van der Waals surface area (Å²) in [4.78, 5) is 4.41. The molecule has 2 aromatic carbocycles. The molecule has 1 fully saturated rings. The first-order valence-corrected chi connectivity index (χ1v) is 15.3. The van der Waals surface area contributed by atoms with Crippen molar-refractivity contribution >= 4 is 33.1 Å². The molecular weight excluding hydrogens is 481 g/mol. The van der Waals surface area contributed by atoms with E-state index >= 15 is 0 Å². The van der Waals surface area contributed by atoms with Crippen LogP contribution in [-0.4, -0.2) is 56.6 Å². The number of benzene rings is 2. The van der Waals surface area contributed by atoms with Gasteiger partial charge in [-0.1, -0.05) is 36.4 Å². The molecule has 1 atom stereocenters. The minimum Gasteiger partial charge on any atom is -0.303 e. The highest BCUT2D eigenvalue weighted by Crippen LogP contribution is 2.49. The van der Waals surface area contributed by atoms with Gasteiger partial charge in [-0.15, -0.1) is 11.8 Å². The molecule has 0 N–H and O–H groups in total. The van der Waals surface area contributed by atoms with Crippen LogP contribution in [0, 0.1) is 0 Å². The number of sulfonamides is 1. The first kappa shape index (κ1) is 24.1. The fraction of sp³-hybridized carbons (Fsp3) is 0.407. The first-order valence-electron chi connectivity index (χ1n) is 12.0. The van der Waals surface area contributed by atoms with Crippen molar-refractivity contribution in [2.45, 2.75) is 40.4 Å². The number of hydrogen-bond donors (Lipinski definition) is 0. The molecular formula is C27H32N2O2S3. The van der Waals surface area contributed by atoms with Crippen LogP contribution in [0.1, 0.15) is 36.3 Å². The van der Waals surface area contributed by atoms with Gasteiger partial charge in [0, 0.05) is 29.7 Å². The monoisotopic (exact) mass is 512 g/mol. The molecule has 0 radical (unpaired) electrons. The normalized spacial score (nSPS) is 18.9. The van der Waals surface area contributed by atoms with Crippen molar-refractivity contribution in [3.63, 3.8) is 0 Å². The van der Waals surface area contributed by atoms with Crippen LogP contribution in [0.4, 0.5) is 0 Å². The van der Waals surface area contributed by atoms with Gasteiger partial charge in [-0.05, 0) is 91.0 Å². The molecule has 0 amide bonds. The van der Waals surface area contributed by atoms with Gasteiger partial charge in [-0.25, -0.2) is 12.7 Å². The number of nitrogens with zero attached hydrogens (tertiary/aromatic N) is 2. The maximum atomic E-state index is 13.1. The van der Waals surface area contributed by atoms with Crippen molar-refractivity contribution in [3.8, 4) is 0 Å². The number of piperidine rings is 1. The summed E-state index contributed by atoms with van der Waals surface area (Å²) in [5.41, 5.74) is 3.15. The maximum absolute atomic E-state index is 13.1. The van der Waals surface area contributed by atoms with E-state index in [2.05, 4.69) is 46.0 Å². The van der Waals surface area contributed by atoms with Crippen LogP contribution in [0.15, 0.2) is 81.2 Å². The minimum atomic E-state index is -3.49. The zero-order chi connectivity index (χ0) is 23.6. The van der Waals surface area contributed by atoms with Crippen LogP contribution in [0.5, 0.6) is 0 Å². The van der Waals surface area contributed by atoms with Crippen molar-refractivity contribution in [1.29, 1.82) is 0 Å². The third-order valence-corrected chi connectivity index (χ3v) is 11.4. The van der Waals surface area contributed by atoms with Crippen molar-refractivity contribution in [2.24, 2.45) is 0 Å². The molecule has 5 rings (SSSR count). The number of likely N-dealkylation sites (N-methyl/N-ethyl adjacent to an activating group) is 1. The quantitative estimate of drug-likeness (QED) is 0.389. The molecule has 0 bridgehead atoms. The van der Waals surface area contributed by atoms with E-state index in [9.17, 15) is 8.42 Å². The van der Waals surface area contributed by atoms with Crippen molar-refractivity contribution in [1.82, 2.24) is 9.21 Å². The fourth-order valence-corrected chi connectivity index (χ4v) is 8.80. The Bertz CT molecular complexity index is 1190. The third-order valence-electron chi connectivity index (χ3n) is 7.51. The number of thiophene rings is 1. The molecule has 1 spiro atoms. The smallest absolute Gasteiger partial charge is 0.242 e. The van der Waals surface area contributed by atoms with Gasteiger partial charge < -0.3 is 4.90 Å². The fourth-order valence-electron chi connectivity index (χ4n) is 5.33. The zero-order valence-electron chi connectivity index (χ0n) is 19.6. The molecule has 3 aromatic rings. The largest absolute Gasteiger partial charge is 0.303 e. The molecule has 180 valence electrons. The number of hydrogen-bond acceptors (Lipinski definition) is 5. The second-order valence-corrected chi connectivity index (χ2v) is 13.4. The highest BCUT2D eigenvalue weighted by atomic mass is 32.2.